The molecule has 0 amide bonds. The van der Waals surface area contributed by atoms with Gasteiger partial charge in [-0.3, -0.25) is 0 Å². The van der Waals surface area contributed by atoms with Crippen LogP contribution in [0, 0.1) is 6.92 Å². The summed E-state index contributed by atoms with van der Waals surface area (Å²) >= 11 is 6.03. The van der Waals surface area contributed by atoms with E-state index >= 15 is 0 Å². The fourth-order valence-corrected chi connectivity index (χ4v) is 1.91. The van der Waals surface area contributed by atoms with E-state index in [2.05, 4.69) is 0 Å². The highest BCUT2D eigenvalue weighted by Crippen LogP contribution is 2.31. The maximum atomic E-state index is 12.0. The van der Waals surface area contributed by atoms with Crippen LogP contribution in [0.15, 0.2) is 27.4 Å². The van der Waals surface area contributed by atoms with Crippen molar-refractivity contribution in [1.29, 1.82) is 0 Å². The van der Waals surface area contributed by atoms with Crippen molar-refractivity contribution in [3.63, 3.8) is 0 Å². The number of alkyl halides is 1. The van der Waals surface area contributed by atoms with Gasteiger partial charge in [-0.1, -0.05) is 17.7 Å². The Labute approximate surface area is 102 Å². The first-order valence-corrected chi connectivity index (χ1v) is 5.43. The molecule has 0 N–H and O–H groups in total. The largest absolute Gasteiger partial charge is 0.489 e. The molecule has 0 unspecified atom stereocenters. The third-order valence-corrected chi connectivity index (χ3v) is 2.67. The summed E-state index contributed by atoms with van der Waals surface area (Å²) in [5.41, 5.74) is -0.518. The summed E-state index contributed by atoms with van der Waals surface area (Å²) in [5.74, 6) is 0.795. The molecule has 0 aliphatic carbocycles. The first kappa shape index (κ1) is 11.9. The maximum Gasteiger partial charge on any atom is 0.345 e. The summed E-state index contributed by atoms with van der Waals surface area (Å²) in [6.07, 6.45) is 0. The number of fused-ring (bicyclic) bond motifs is 1. The molecule has 17 heavy (non-hydrogen) atoms. The van der Waals surface area contributed by atoms with Gasteiger partial charge in [0.2, 0.25) is 0 Å². The minimum atomic E-state index is -0.614. The van der Waals surface area contributed by atoms with Crippen molar-refractivity contribution in [2.45, 2.75) is 6.92 Å². The second-order valence-corrected chi connectivity index (χ2v) is 3.90. The van der Waals surface area contributed by atoms with Crippen molar-refractivity contribution in [3.05, 3.63) is 39.4 Å². The molecular weight excluding hydrogens is 247 g/mol. The standard InChI is InChI=1S/C12H10ClFO3/c1-7-6-8-2-3-9(16-5-4-14)11(13)10(8)12(15)17-7/h2-3,6H,4-5H2,1H3. The minimum absolute atomic E-state index is 0.0948. The van der Waals surface area contributed by atoms with E-state index in [4.69, 9.17) is 20.8 Å². The van der Waals surface area contributed by atoms with E-state index < -0.39 is 12.3 Å². The smallest absolute Gasteiger partial charge is 0.345 e. The van der Waals surface area contributed by atoms with Crippen LogP contribution >= 0.6 is 11.6 Å². The van der Waals surface area contributed by atoms with Crippen molar-refractivity contribution in [3.8, 4) is 5.75 Å². The predicted molar refractivity (Wildman–Crippen MR) is 63.7 cm³/mol. The molecule has 2 rings (SSSR count). The lowest BCUT2D eigenvalue weighted by Crippen LogP contribution is -2.04. The second-order valence-electron chi connectivity index (χ2n) is 3.52. The normalized spacial score (nSPS) is 10.8. The van der Waals surface area contributed by atoms with Crippen molar-refractivity contribution in [2.24, 2.45) is 0 Å². The minimum Gasteiger partial charge on any atom is -0.489 e. The Morgan fingerprint density at radius 3 is 2.94 bits per heavy atom. The molecule has 0 spiro atoms. The summed E-state index contributed by atoms with van der Waals surface area (Å²) in [4.78, 5) is 11.7. The highest BCUT2D eigenvalue weighted by atomic mass is 35.5. The molecule has 0 aliphatic rings. The quantitative estimate of drug-likeness (QED) is 0.847. The zero-order valence-corrected chi connectivity index (χ0v) is 9.88. The van der Waals surface area contributed by atoms with Crippen LogP contribution < -0.4 is 10.4 Å². The van der Waals surface area contributed by atoms with Crippen LogP contribution in [0.25, 0.3) is 10.8 Å². The number of hydrogen-bond acceptors (Lipinski definition) is 3. The first-order valence-electron chi connectivity index (χ1n) is 5.05. The maximum absolute atomic E-state index is 12.0. The van der Waals surface area contributed by atoms with E-state index in [1.807, 2.05) is 0 Å². The third-order valence-electron chi connectivity index (χ3n) is 2.29. The van der Waals surface area contributed by atoms with Crippen molar-refractivity contribution < 1.29 is 13.5 Å². The molecule has 1 aromatic heterocycles. The van der Waals surface area contributed by atoms with Crippen LogP contribution in [-0.4, -0.2) is 13.3 Å². The van der Waals surface area contributed by atoms with Crippen molar-refractivity contribution in [2.75, 3.05) is 13.3 Å². The highest BCUT2D eigenvalue weighted by molar-refractivity contribution is 6.36. The number of benzene rings is 1. The Morgan fingerprint density at radius 1 is 1.47 bits per heavy atom. The highest BCUT2D eigenvalue weighted by Gasteiger charge is 2.11. The van der Waals surface area contributed by atoms with Gasteiger partial charge in [-0.2, -0.15) is 0 Å². The van der Waals surface area contributed by atoms with Gasteiger partial charge in [0.15, 0.2) is 0 Å². The molecule has 1 heterocycles. The Morgan fingerprint density at radius 2 is 2.24 bits per heavy atom. The molecule has 0 saturated heterocycles. The summed E-state index contributed by atoms with van der Waals surface area (Å²) in [6.45, 7) is 0.974. The average molecular weight is 257 g/mol. The lowest BCUT2D eigenvalue weighted by molar-refractivity contribution is 0.273. The number of rotatable bonds is 3. The van der Waals surface area contributed by atoms with E-state index in [9.17, 15) is 9.18 Å². The third kappa shape index (κ3) is 2.26. The Bertz CT molecular complexity index is 606. The zero-order chi connectivity index (χ0) is 12.4. The molecule has 5 heteroatoms. The van der Waals surface area contributed by atoms with E-state index in [-0.39, 0.29) is 22.8 Å². The van der Waals surface area contributed by atoms with E-state index in [0.29, 0.717) is 11.1 Å². The molecule has 1 aromatic carbocycles. The molecular formula is C12H10ClFO3. The van der Waals surface area contributed by atoms with Gasteiger partial charge >= 0.3 is 5.63 Å². The van der Waals surface area contributed by atoms with Gasteiger partial charge in [-0.15, -0.1) is 0 Å². The Balaban J connectivity index is 2.63. The molecule has 90 valence electrons. The first-order chi connectivity index (χ1) is 8.13. The van der Waals surface area contributed by atoms with Gasteiger partial charge in [0, 0.05) is 0 Å². The molecule has 2 aromatic rings. The van der Waals surface area contributed by atoms with Crippen LogP contribution in [0.1, 0.15) is 5.76 Å². The van der Waals surface area contributed by atoms with Crippen LogP contribution in [0.4, 0.5) is 4.39 Å². The van der Waals surface area contributed by atoms with E-state index in [1.165, 1.54) is 0 Å². The molecule has 0 radical (unpaired) electrons. The van der Waals surface area contributed by atoms with Gasteiger partial charge in [0.1, 0.15) is 24.8 Å². The summed E-state index contributed by atoms with van der Waals surface area (Å²) < 4.78 is 22.1. The predicted octanol–water partition coefficient (Wildman–Crippen LogP) is 3.10. The number of halogens is 2. The second kappa shape index (κ2) is 4.75. The monoisotopic (exact) mass is 256 g/mol. The number of hydrogen-bond donors (Lipinski definition) is 0. The summed E-state index contributed by atoms with van der Waals surface area (Å²) in [7, 11) is 0. The molecule has 0 fully saturated rings. The number of ether oxygens (including phenoxy) is 1. The van der Waals surface area contributed by atoms with Crippen LogP contribution in [0.3, 0.4) is 0 Å². The zero-order valence-electron chi connectivity index (χ0n) is 9.13. The van der Waals surface area contributed by atoms with Crippen LogP contribution in [0.5, 0.6) is 5.75 Å². The fraction of sp³-hybridized carbons (Fsp3) is 0.250. The van der Waals surface area contributed by atoms with Crippen molar-refractivity contribution >= 4 is 22.4 Å². The molecule has 0 aliphatic heterocycles. The van der Waals surface area contributed by atoms with Crippen molar-refractivity contribution in [1.82, 2.24) is 0 Å². The number of aryl methyl sites for hydroxylation is 1. The molecule has 0 saturated carbocycles. The topological polar surface area (TPSA) is 39.4 Å². The lowest BCUT2D eigenvalue weighted by atomic mass is 10.1. The molecule has 0 bridgehead atoms. The summed E-state index contributed by atoms with van der Waals surface area (Å²) in [6, 6.07) is 5.01. The van der Waals surface area contributed by atoms with Crippen LogP contribution in [-0.2, 0) is 0 Å². The van der Waals surface area contributed by atoms with Gasteiger partial charge in [0.25, 0.3) is 0 Å². The SMILES string of the molecule is Cc1cc2ccc(OCCF)c(Cl)c2c(=O)o1. The van der Waals surface area contributed by atoms with Gasteiger partial charge in [0.05, 0.1) is 10.4 Å². The lowest BCUT2D eigenvalue weighted by Gasteiger charge is -2.07. The van der Waals surface area contributed by atoms with E-state index in [1.54, 1.807) is 25.1 Å². The van der Waals surface area contributed by atoms with Crippen LogP contribution in [0.2, 0.25) is 5.02 Å². The van der Waals surface area contributed by atoms with Gasteiger partial charge in [-0.05, 0) is 24.4 Å². The van der Waals surface area contributed by atoms with Gasteiger partial charge in [-0.25, -0.2) is 9.18 Å². The average Bonchev–Trinajstić information content (AvgIpc) is 2.27. The summed E-state index contributed by atoms with van der Waals surface area (Å²) in [5, 5.41) is 1.09. The molecule has 3 nitrogen and oxygen atoms in total. The Hall–Kier alpha value is -1.55. The molecule has 0 atom stereocenters. The Kier molecular flexibility index (Phi) is 3.33. The van der Waals surface area contributed by atoms with Gasteiger partial charge < -0.3 is 9.15 Å². The van der Waals surface area contributed by atoms with E-state index in [0.717, 1.165) is 0 Å². The fourth-order valence-electron chi connectivity index (χ4n) is 1.61.